The van der Waals surface area contributed by atoms with Gasteiger partial charge >= 0.3 is 6.18 Å². The minimum Gasteiger partial charge on any atom is -0.309 e. The summed E-state index contributed by atoms with van der Waals surface area (Å²) in [6.07, 6.45) is -4.87. The number of alkyl halides is 3. The second-order valence-corrected chi connectivity index (χ2v) is 19.9. The van der Waals surface area contributed by atoms with Gasteiger partial charge in [0.05, 0.1) is 102 Å². The molecule has 394 valence electrons. The van der Waals surface area contributed by atoms with Crippen LogP contribution < -0.4 is 0 Å². The zero-order chi connectivity index (χ0) is 60.1. The monoisotopic (exact) mass is 1110 g/mol. The summed E-state index contributed by atoms with van der Waals surface area (Å²) < 4.78 is 48.2. The molecule has 0 aliphatic rings. The molecule has 0 aliphatic heterocycles. The van der Waals surface area contributed by atoms with Gasteiger partial charge < -0.3 is 9.13 Å². The summed E-state index contributed by atoms with van der Waals surface area (Å²) in [5, 5.41) is 54.3. The summed E-state index contributed by atoms with van der Waals surface area (Å²) >= 11 is 0. The third kappa shape index (κ3) is 9.09. The van der Waals surface area contributed by atoms with E-state index in [0.717, 1.165) is 12.1 Å². The van der Waals surface area contributed by atoms with Gasteiger partial charge in [-0.1, -0.05) is 60.7 Å². The molecule has 0 aliphatic carbocycles. The highest BCUT2D eigenvalue weighted by Crippen LogP contribution is 2.49. The number of fused-ring (bicyclic) bond motifs is 6. The van der Waals surface area contributed by atoms with E-state index in [-0.39, 0.29) is 73.1 Å². The Kier molecular flexibility index (Phi) is 12.9. The Hall–Kier alpha value is -13.5. The van der Waals surface area contributed by atoms with Crippen LogP contribution in [-0.4, -0.2) is 9.13 Å². The van der Waals surface area contributed by atoms with Crippen molar-refractivity contribution in [3.05, 3.63) is 266 Å². The first kappa shape index (κ1) is 53.1. The van der Waals surface area contributed by atoms with Crippen LogP contribution in [0.15, 0.2) is 176 Å². The Morgan fingerprint density at radius 3 is 0.895 bits per heavy atom. The van der Waals surface area contributed by atoms with Crippen LogP contribution in [0.4, 0.5) is 41.6 Å². The van der Waals surface area contributed by atoms with Crippen LogP contribution in [0.5, 0.6) is 0 Å². The normalized spacial score (nSPS) is 10.8. The minimum absolute atomic E-state index is 0.0331. The average Bonchev–Trinajstić information content (AvgIpc) is 1.56. The van der Waals surface area contributed by atoms with Crippen LogP contribution in [-0.2, 0) is 6.18 Å². The molecule has 0 atom stereocenters. The summed E-state index contributed by atoms with van der Waals surface area (Å²) in [6, 6.07) is 58.2. The zero-order valence-corrected chi connectivity index (χ0v) is 44.2. The van der Waals surface area contributed by atoms with Crippen molar-refractivity contribution in [1.29, 1.82) is 26.3 Å². The lowest BCUT2D eigenvalue weighted by atomic mass is 9.95. The molecule has 0 unspecified atom stereocenters. The van der Waals surface area contributed by atoms with E-state index in [9.17, 15) is 39.5 Å². The summed E-state index contributed by atoms with van der Waals surface area (Å²) in [5.41, 5.74) is 7.23. The quantitative estimate of drug-likeness (QED) is 0.146. The Morgan fingerprint density at radius 1 is 0.326 bits per heavy atom. The van der Waals surface area contributed by atoms with E-state index in [1.54, 1.807) is 60.7 Å². The van der Waals surface area contributed by atoms with Gasteiger partial charge in [-0.2, -0.15) is 39.5 Å². The molecule has 0 N–H and O–H groups in total. The van der Waals surface area contributed by atoms with E-state index in [0.29, 0.717) is 88.1 Å². The molecular weight excluding hydrogens is 1080 g/mol. The average molecular weight is 1110 g/mol. The standard InChI is InChI=1S/C71H29F3N12/c1-80-54-20-40(35-75)16-49(26-54)45-6-11-58-59-12-7-46(50-17-41(36-76)21-55(27-50)81-2)31-65(59)85(64(58)30-45)68-24-44(39-79)25-69(70(68)62-15-10-53(71(72,73)74)34-63(62)84-5)86-66-32-47(51-18-42(37-77)22-56(28-51)82-3)8-13-60(66)61-14-9-48(33-67(61)86)52-19-43(38-78)23-57(29-52)83-4/h6-34H. The Labute approximate surface area is 488 Å². The van der Waals surface area contributed by atoms with Crippen molar-refractivity contribution >= 4 is 72.0 Å². The number of nitriles is 5. The van der Waals surface area contributed by atoms with Crippen molar-refractivity contribution in [3.63, 3.8) is 0 Å². The Bertz CT molecular complexity index is 4800. The molecule has 2 aromatic heterocycles. The maximum atomic E-state index is 14.8. The topological polar surface area (TPSA) is 151 Å². The molecule has 0 bridgehead atoms. The first-order valence-electron chi connectivity index (χ1n) is 25.8. The van der Waals surface area contributed by atoms with Gasteiger partial charge in [-0.15, -0.1) is 0 Å². The van der Waals surface area contributed by atoms with E-state index in [4.69, 9.17) is 32.9 Å². The molecule has 12 rings (SSSR count). The molecule has 0 fully saturated rings. The maximum Gasteiger partial charge on any atom is 0.415 e. The summed E-state index contributed by atoms with van der Waals surface area (Å²) in [6.45, 7) is 40.1. The summed E-state index contributed by atoms with van der Waals surface area (Å²) in [5.74, 6) is 0. The van der Waals surface area contributed by atoms with Crippen LogP contribution in [0.1, 0.15) is 33.4 Å². The zero-order valence-electron chi connectivity index (χ0n) is 44.2. The Balaban J connectivity index is 1.29. The van der Waals surface area contributed by atoms with Crippen LogP contribution in [0.25, 0.3) is 135 Å². The number of hydrogen-bond acceptors (Lipinski definition) is 5. The lowest BCUT2D eigenvalue weighted by Gasteiger charge is -2.22. The fourth-order valence-electron chi connectivity index (χ4n) is 11.2. The molecule has 86 heavy (non-hydrogen) atoms. The van der Waals surface area contributed by atoms with Crippen molar-refractivity contribution in [2.24, 2.45) is 0 Å². The van der Waals surface area contributed by atoms with Gasteiger partial charge in [0.2, 0.25) is 0 Å². The van der Waals surface area contributed by atoms with Crippen molar-refractivity contribution in [2.75, 3.05) is 0 Å². The minimum atomic E-state index is -4.87. The number of rotatable bonds is 7. The molecular formula is C71H29F3N12. The Morgan fingerprint density at radius 2 is 0.628 bits per heavy atom. The van der Waals surface area contributed by atoms with Crippen LogP contribution in [0, 0.1) is 89.5 Å². The summed E-state index contributed by atoms with van der Waals surface area (Å²) in [4.78, 5) is 18.3. The van der Waals surface area contributed by atoms with Crippen LogP contribution in [0.2, 0.25) is 0 Å². The molecule has 0 spiro atoms. The van der Waals surface area contributed by atoms with Gasteiger partial charge in [0.25, 0.3) is 0 Å². The van der Waals surface area contributed by atoms with E-state index in [1.165, 1.54) is 30.3 Å². The third-order valence-electron chi connectivity index (χ3n) is 15.0. The van der Waals surface area contributed by atoms with Crippen LogP contribution >= 0.6 is 0 Å². The third-order valence-corrected chi connectivity index (χ3v) is 15.0. The largest absolute Gasteiger partial charge is 0.415 e. The summed E-state index contributed by atoms with van der Waals surface area (Å²) in [7, 11) is 0. The molecule has 10 aromatic carbocycles. The van der Waals surface area contributed by atoms with Gasteiger partial charge in [-0.25, -0.2) is 24.2 Å². The van der Waals surface area contributed by atoms with Crippen molar-refractivity contribution < 1.29 is 13.2 Å². The highest BCUT2D eigenvalue weighted by Gasteiger charge is 2.33. The van der Waals surface area contributed by atoms with Crippen molar-refractivity contribution in [1.82, 2.24) is 9.13 Å². The lowest BCUT2D eigenvalue weighted by Crippen LogP contribution is -2.07. The molecule has 15 heteroatoms. The van der Waals surface area contributed by atoms with E-state index in [2.05, 4.69) is 54.6 Å². The smallest absolute Gasteiger partial charge is 0.309 e. The molecule has 0 saturated carbocycles. The van der Waals surface area contributed by atoms with Gasteiger partial charge in [0.1, 0.15) is 0 Å². The van der Waals surface area contributed by atoms with Gasteiger partial charge in [-0.3, -0.25) is 0 Å². The molecule has 2 heterocycles. The SMILES string of the molecule is [C-]#[N+]c1cc(C#N)cc(-c2ccc3c4ccc(-c5cc(C#N)cc([N+]#[C-])c5)cc4n(-c4cc(C#N)cc(-n5c6cc(-c7cc(C#N)cc([N+]#[C-])c7)ccc6c6ccc(-c7cc(C#N)cc([N+]#[C-])c7)cc65)c4-c4ccc(C(F)(F)F)cc4[N+]#[C-])c3c2)c1. The fourth-order valence-corrected chi connectivity index (χ4v) is 11.2. The highest BCUT2D eigenvalue weighted by molar-refractivity contribution is 6.14. The predicted molar refractivity (Wildman–Crippen MR) is 322 cm³/mol. The molecule has 12 aromatic rings. The van der Waals surface area contributed by atoms with Gasteiger partial charge in [0.15, 0.2) is 28.4 Å². The molecule has 12 nitrogen and oxygen atoms in total. The first-order valence-corrected chi connectivity index (χ1v) is 25.8. The van der Waals surface area contributed by atoms with Crippen molar-refractivity contribution in [2.45, 2.75) is 6.18 Å². The second-order valence-electron chi connectivity index (χ2n) is 19.9. The van der Waals surface area contributed by atoms with Gasteiger partial charge in [0, 0.05) is 54.9 Å². The number of nitrogens with zero attached hydrogens (tertiary/aromatic N) is 12. The number of benzene rings is 10. The molecule has 0 saturated heterocycles. The predicted octanol–water partition coefficient (Wildman–Crippen LogP) is 19.3. The number of aromatic nitrogens is 2. The maximum absolute atomic E-state index is 14.8. The van der Waals surface area contributed by atoms with E-state index < -0.39 is 17.4 Å². The van der Waals surface area contributed by atoms with Crippen molar-refractivity contribution in [3.8, 4) is 97.4 Å². The van der Waals surface area contributed by atoms with Gasteiger partial charge in [-0.05, 0) is 165 Å². The first-order chi connectivity index (χ1) is 41.7. The highest BCUT2D eigenvalue weighted by atomic mass is 19.4. The molecule has 0 amide bonds. The second kappa shape index (κ2) is 20.9. The van der Waals surface area contributed by atoms with E-state index >= 15 is 0 Å². The lowest BCUT2D eigenvalue weighted by molar-refractivity contribution is -0.137. The number of halogens is 3. The molecule has 0 radical (unpaired) electrons. The van der Waals surface area contributed by atoms with Crippen LogP contribution in [0.3, 0.4) is 0 Å². The number of hydrogen-bond donors (Lipinski definition) is 0. The van der Waals surface area contributed by atoms with E-state index in [1.807, 2.05) is 81.9 Å². The fraction of sp³-hybridized carbons (Fsp3) is 0.0141.